The number of fused-ring (bicyclic) bond motifs is 1. The summed E-state index contributed by atoms with van der Waals surface area (Å²) in [6.07, 6.45) is 5.13. The number of hydrogen-bond acceptors (Lipinski definition) is 1. The highest BCUT2D eigenvalue weighted by molar-refractivity contribution is 6.01. The van der Waals surface area contributed by atoms with E-state index in [4.69, 9.17) is 0 Å². The molecule has 0 unspecified atom stereocenters. The molecule has 0 radical (unpaired) electrons. The van der Waals surface area contributed by atoms with E-state index in [1.807, 2.05) is 91.1 Å². The van der Waals surface area contributed by atoms with Crippen molar-refractivity contribution >= 4 is 22.4 Å². The molecule has 1 aromatic heterocycles. The van der Waals surface area contributed by atoms with Crippen LogP contribution in [0.4, 0.5) is 5.69 Å². The van der Waals surface area contributed by atoms with Gasteiger partial charge in [0, 0.05) is 11.1 Å². The third-order valence-electron chi connectivity index (χ3n) is 4.26. The second-order valence-corrected chi connectivity index (χ2v) is 6.10. The van der Waals surface area contributed by atoms with Crippen LogP contribution < -0.4 is 9.88 Å². The predicted octanol–water partition coefficient (Wildman–Crippen LogP) is 4.23. The minimum atomic E-state index is -0.0761. The molecule has 0 fully saturated rings. The Labute approximate surface area is 152 Å². The molecule has 3 heteroatoms. The summed E-state index contributed by atoms with van der Waals surface area (Å²) in [7, 11) is 0. The first-order valence-corrected chi connectivity index (χ1v) is 8.54. The zero-order chi connectivity index (χ0) is 17.8. The van der Waals surface area contributed by atoms with Gasteiger partial charge in [-0.1, -0.05) is 83.9 Å². The zero-order valence-electron chi connectivity index (χ0n) is 14.2. The fourth-order valence-corrected chi connectivity index (χ4v) is 3.02. The van der Waals surface area contributed by atoms with Gasteiger partial charge in [0.2, 0.25) is 6.54 Å². The average Bonchev–Trinajstić information content (AvgIpc) is 2.69. The second-order valence-electron chi connectivity index (χ2n) is 6.10. The molecule has 1 N–H and O–H groups in total. The van der Waals surface area contributed by atoms with Crippen molar-refractivity contribution in [3.05, 3.63) is 97.3 Å². The van der Waals surface area contributed by atoms with Crippen LogP contribution in [-0.2, 0) is 11.3 Å². The first-order valence-electron chi connectivity index (χ1n) is 8.54. The van der Waals surface area contributed by atoms with Gasteiger partial charge in [0.05, 0.1) is 6.20 Å². The molecule has 4 rings (SSSR count). The highest BCUT2D eigenvalue weighted by atomic mass is 16.1. The SMILES string of the molecule is O=C(C[n+]1[c-]c(-c2ccccc2)ccc1)Nc1cccc2ccccc12. The molecular formula is C23H18N2O. The smallest absolute Gasteiger partial charge is 0.288 e. The summed E-state index contributed by atoms with van der Waals surface area (Å²) in [5, 5.41) is 5.16. The van der Waals surface area contributed by atoms with Gasteiger partial charge in [-0.2, -0.15) is 0 Å². The molecule has 3 aromatic carbocycles. The molecule has 126 valence electrons. The van der Waals surface area contributed by atoms with Crippen molar-refractivity contribution in [3.8, 4) is 11.1 Å². The Morgan fingerprint density at radius 2 is 1.62 bits per heavy atom. The van der Waals surface area contributed by atoms with Gasteiger partial charge >= 0.3 is 0 Å². The zero-order valence-corrected chi connectivity index (χ0v) is 14.2. The minimum Gasteiger partial charge on any atom is -0.320 e. The molecule has 0 atom stereocenters. The molecular weight excluding hydrogens is 320 g/mol. The van der Waals surface area contributed by atoms with Gasteiger partial charge in [0.15, 0.2) is 6.20 Å². The van der Waals surface area contributed by atoms with Crippen LogP contribution in [0.25, 0.3) is 21.9 Å². The Bertz CT molecular complexity index is 1050. The van der Waals surface area contributed by atoms with Crippen molar-refractivity contribution in [1.82, 2.24) is 0 Å². The lowest BCUT2D eigenvalue weighted by Crippen LogP contribution is -2.40. The molecule has 0 aliphatic rings. The first-order chi connectivity index (χ1) is 12.8. The van der Waals surface area contributed by atoms with E-state index < -0.39 is 0 Å². The Morgan fingerprint density at radius 1 is 0.846 bits per heavy atom. The molecule has 0 saturated carbocycles. The molecule has 1 amide bonds. The van der Waals surface area contributed by atoms with Gasteiger partial charge in [-0.15, -0.1) is 6.07 Å². The third kappa shape index (κ3) is 3.47. The van der Waals surface area contributed by atoms with Gasteiger partial charge in [0.25, 0.3) is 5.91 Å². The summed E-state index contributed by atoms with van der Waals surface area (Å²) in [6.45, 7) is 0.212. The van der Waals surface area contributed by atoms with Crippen molar-refractivity contribution in [2.24, 2.45) is 0 Å². The second kappa shape index (κ2) is 7.19. The van der Waals surface area contributed by atoms with Crippen LogP contribution in [0.15, 0.2) is 91.1 Å². The van der Waals surface area contributed by atoms with Crippen LogP contribution in [0.5, 0.6) is 0 Å². The van der Waals surface area contributed by atoms with Crippen LogP contribution in [0.2, 0.25) is 0 Å². The third-order valence-corrected chi connectivity index (χ3v) is 4.26. The highest BCUT2D eigenvalue weighted by Gasteiger charge is 2.10. The average molecular weight is 338 g/mol. The maximum Gasteiger partial charge on any atom is 0.288 e. The number of benzene rings is 3. The molecule has 26 heavy (non-hydrogen) atoms. The Kier molecular flexibility index (Phi) is 4.44. The maximum atomic E-state index is 12.5. The maximum absolute atomic E-state index is 12.5. The van der Waals surface area contributed by atoms with Crippen molar-refractivity contribution in [1.29, 1.82) is 0 Å². The summed E-state index contributed by atoms with van der Waals surface area (Å²) < 4.78 is 1.78. The lowest BCUT2D eigenvalue weighted by atomic mass is 10.1. The Morgan fingerprint density at radius 3 is 2.50 bits per heavy atom. The molecule has 0 saturated heterocycles. The fraction of sp³-hybridized carbons (Fsp3) is 0.0435. The van der Waals surface area contributed by atoms with Gasteiger partial charge in [-0.25, -0.2) is 0 Å². The number of aromatic nitrogens is 1. The summed E-state index contributed by atoms with van der Waals surface area (Å²) in [5.74, 6) is -0.0761. The number of carbonyl (C=O) groups is 1. The summed E-state index contributed by atoms with van der Waals surface area (Å²) in [6, 6.07) is 27.9. The molecule has 0 bridgehead atoms. The highest BCUT2D eigenvalue weighted by Crippen LogP contribution is 2.22. The van der Waals surface area contributed by atoms with Crippen molar-refractivity contribution in [3.63, 3.8) is 0 Å². The van der Waals surface area contributed by atoms with E-state index in [0.29, 0.717) is 0 Å². The van der Waals surface area contributed by atoms with Gasteiger partial charge in [-0.3, -0.25) is 9.36 Å². The van der Waals surface area contributed by atoms with Crippen molar-refractivity contribution in [2.75, 3.05) is 5.32 Å². The fourth-order valence-electron chi connectivity index (χ4n) is 3.02. The van der Waals surface area contributed by atoms with Crippen LogP contribution in [0.3, 0.4) is 0 Å². The van der Waals surface area contributed by atoms with Gasteiger partial charge in [0.1, 0.15) is 0 Å². The predicted molar refractivity (Wildman–Crippen MR) is 103 cm³/mol. The number of anilines is 1. The summed E-state index contributed by atoms with van der Waals surface area (Å²) in [4.78, 5) is 12.5. The van der Waals surface area contributed by atoms with Crippen LogP contribution in [-0.4, -0.2) is 5.91 Å². The van der Waals surface area contributed by atoms with E-state index >= 15 is 0 Å². The number of pyridine rings is 1. The van der Waals surface area contributed by atoms with E-state index in [1.165, 1.54) is 0 Å². The number of carbonyl (C=O) groups excluding carboxylic acids is 1. The summed E-state index contributed by atoms with van der Waals surface area (Å²) in [5.41, 5.74) is 2.87. The standard InChI is InChI=1S/C23H18N2O/c26-23(24-22-14-6-11-19-10-4-5-13-21(19)22)17-25-15-7-12-20(16-25)18-8-2-1-3-9-18/h1-15H,17H2,(H,24,26). The van der Waals surface area contributed by atoms with Crippen LogP contribution in [0.1, 0.15) is 0 Å². The number of rotatable bonds is 4. The van der Waals surface area contributed by atoms with E-state index in [9.17, 15) is 4.79 Å². The Balaban J connectivity index is 1.53. The monoisotopic (exact) mass is 338 g/mol. The first kappa shape index (κ1) is 16.0. The number of nitrogens with one attached hydrogen (secondary N) is 1. The van der Waals surface area contributed by atoms with E-state index in [2.05, 4.69) is 11.5 Å². The van der Waals surface area contributed by atoms with Gasteiger partial charge in [-0.05, 0) is 11.5 Å². The molecule has 0 spiro atoms. The number of nitrogens with zero attached hydrogens (tertiary/aromatic N) is 1. The van der Waals surface area contributed by atoms with E-state index in [-0.39, 0.29) is 12.5 Å². The van der Waals surface area contributed by atoms with Crippen LogP contribution in [0, 0.1) is 6.20 Å². The molecule has 0 aliphatic heterocycles. The van der Waals surface area contributed by atoms with E-state index in [0.717, 1.165) is 27.6 Å². The van der Waals surface area contributed by atoms with Crippen molar-refractivity contribution < 1.29 is 9.36 Å². The van der Waals surface area contributed by atoms with E-state index in [1.54, 1.807) is 4.57 Å². The minimum absolute atomic E-state index is 0.0761. The van der Waals surface area contributed by atoms with Crippen LogP contribution >= 0.6 is 0 Å². The number of hydrogen-bond donors (Lipinski definition) is 1. The lowest BCUT2D eigenvalue weighted by molar-refractivity contribution is -0.687. The topological polar surface area (TPSA) is 33.0 Å². The quantitative estimate of drug-likeness (QED) is 0.438. The molecule has 4 aromatic rings. The lowest BCUT2D eigenvalue weighted by Gasteiger charge is -2.10. The summed E-state index contributed by atoms with van der Waals surface area (Å²) >= 11 is 0. The Hall–Kier alpha value is -3.46. The number of amides is 1. The van der Waals surface area contributed by atoms with Gasteiger partial charge < -0.3 is 5.32 Å². The molecule has 0 aliphatic carbocycles. The largest absolute Gasteiger partial charge is 0.320 e. The molecule has 3 nitrogen and oxygen atoms in total. The normalized spacial score (nSPS) is 10.6. The molecule has 1 heterocycles. The van der Waals surface area contributed by atoms with Crippen molar-refractivity contribution in [2.45, 2.75) is 6.54 Å².